The van der Waals surface area contributed by atoms with E-state index in [1.54, 1.807) is 0 Å². The van der Waals surface area contributed by atoms with Crippen molar-refractivity contribution in [2.24, 2.45) is 0 Å². The van der Waals surface area contributed by atoms with E-state index in [0.29, 0.717) is 0 Å². The summed E-state index contributed by atoms with van der Waals surface area (Å²) in [7, 11) is 0. The van der Waals surface area contributed by atoms with E-state index in [2.05, 4.69) is 50.9 Å². The molecule has 0 radical (unpaired) electrons. The van der Waals surface area contributed by atoms with E-state index < -0.39 is 0 Å². The van der Waals surface area contributed by atoms with Gasteiger partial charge in [0, 0.05) is 17.8 Å². The van der Waals surface area contributed by atoms with Gasteiger partial charge in [-0.05, 0) is 30.9 Å². The lowest BCUT2D eigenvalue weighted by atomic mass is 10.0. The first-order valence-corrected chi connectivity index (χ1v) is 6.00. The average Bonchev–Trinajstić information content (AvgIpc) is 2.29. The van der Waals surface area contributed by atoms with E-state index in [9.17, 15) is 0 Å². The minimum atomic E-state index is 1.25. The molecule has 0 unspecified atom stereocenters. The zero-order chi connectivity index (χ0) is 12.0. The Balaban J connectivity index is 0.000000280. The van der Waals surface area contributed by atoms with Crippen molar-refractivity contribution in [3.8, 4) is 0 Å². The molecule has 0 fully saturated rings. The van der Waals surface area contributed by atoms with Crippen LogP contribution in [0.4, 0.5) is 0 Å². The lowest BCUT2D eigenvalue weighted by molar-refractivity contribution is 0.886. The van der Waals surface area contributed by atoms with Gasteiger partial charge in [-0.2, -0.15) is 0 Å². The third-order valence-corrected chi connectivity index (χ3v) is 2.61. The Labute approximate surface area is 98.5 Å². The molecule has 0 aliphatic heterocycles. The summed E-state index contributed by atoms with van der Waals surface area (Å²) in [6, 6.07) is 6.42. The highest BCUT2D eigenvalue weighted by molar-refractivity contribution is 5.85. The smallest absolute Gasteiger partial charge is 0.0349 e. The lowest BCUT2D eigenvalue weighted by Crippen LogP contribution is -1.82. The summed E-state index contributed by atoms with van der Waals surface area (Å²) in [6.07, 6.45) is 6.39. The molecular formula is C15H21N. The van der Waals surface area contributed by atoms with E-state index in [0.717, 1.165) is 0 Å². The van der Waals surface area contributed by atoms with Gasteiger partial charge in [-0.25, -0.2) is 0 Å². The molecule has 2 rings (SSSR count). The molecule has 0 spiro atoms. The van der Waals surface area contributed by atoms with Crippen LogP contribution in [0.3, 0.4) is 0 Å². The zero-order valence-corrected chi connectivity index (χ0v) is 10.7. The molecule has 1 heteroatoms. The van der Waals surface area contributed by atoms with Gasteiger partial charge in [0.15, 0.2) is 0 Å². The number of benzene rings is 1. The maximum atomic E-state index is 4.10. The van der Waals surface area contributed by atoms with E-state index in [4.69, 9.17) is 0 Å². The molecule has 0 saturated carbocycles. The molecule has 0 N–H and O–H groups in total. The van der Waals surface area contributed by atoms with Crippen molar-refractivity contribution in [2.75, 3.05) is 0 Å². The third-order valence-electron chi connectivity index (χ3n) is 2.61. The van der Waals surface area contributed by atoms with Crippen molar-refractivity contribution in [1.29, 1.82) is 0 Å². The summed E-state index contributed by atoms with van der Waals surface area (Å²) in [5.41, 5.74) is 2.62. The standard InChI is InChI=1S/C11H11N.C4H10/c1-8-5-9(2)11-7-12-4-3-10(11)6-8;1-3-4-2/h3-7H,1-2H3;3-4H2,1-2H3. The molecule has 1 nitrogen and oxygen atoms in total. The maximum absolute atomic E-state index is 4.10. The molecule has 0 aliphatic rings. The Hall–Kier alpha value is -1.37. The van der Waals surface area contributed by atoms with Crippen molar-refractivity contribution in [3.63, 3.8) is 0 Å². The molecule has 0 aliphatic carbocycles. The minimum absolute atomic E-state index is 1.25. The van der Waals surface area contributed by atoms with Gasteiger partial charge in [-0.1, -0.05) is 44.4 Å². The number of pyridine rings is 1. The normalized spacial score (nSPS) is 9.75. The first-order chi connectivity index (χ1) is 7.69. The number of hydrogen-bond donors (Lipinski definition) is 0. The van der Waals surface area contributed by atoms with Crippen LogP contribution in [0.5, 0.6) is 0 Å². The largest absolute Gasteiger partial charge is 0.264 e. The van der Waals surface area contributed by atoms with Crippen LogP contribution in [-0.4, -0.2) is 4.98 Å². The Morgan fingerprint density at radius 1 is 1.06 bits per heavy atom. The number of aryl methyl sites for hydroxylation is 2. The van der Waals surface area contributed by atoms with Crippen molar-refractivity contribution in [2.45, 2.75) is 40.5 Å². The predicted octanol–water partition coefficient (Wildman–Crippen LogP) is 4.66. The van der Waals surface area contributed by atoms with Crippen LogP contribution in [0.2, 0.25) is 0 Å². The molecule has 1 heterocycles. The SMILES string of the molecule is CCCC.Cc1cc(C)c2cnccc2c1. The molecule has 2 aromatic rings. The van der Waals surface area contributed by atoms with Gasteiger partial charge in [0.2, 0.25) is 0 Å². The fourth-order valence-electron chi connectivity index (χ4n) is 1.57. The molecule has 1 aromatic heterocycles. The van der Waals surface area contributed by atoms with Gasteiger partial charge in [0.1, 0.15) is 0 Å². The van der Waals surface area contributed by atoms with Crippen molar-refractivity contribution < 1.29 is 0 Å². The molecule has 0 atom stereocenters. The number of aromatic nitrogens is 1. The fourth-order valence-corrected chi connectivity index (χ4v) is 1.57. The number of nitrogens with zero attached hydrogens (tertiary/aromatic N) is 1. The lowest BCUT2D eigenvalue weighted by Gasteiger charge is -2.02. The molecule has 86 valence electrons. The zero-order valence-electron chi connectivity index (χ0n) is 10.7. The quantitative estimate of drug-likeness (QED) is 0.674. The highest BCUT2D eigenvalue weighted by atomic mass is 14.6. The first-order valence-electron chi connectivity index (χ1n) is 6.00. The number of fused-ring (bicyclic) bond motifs is 1. The second-order valence-corrected chi connectivity index (χ2v) is 4.18. The minimum Gasteiger partial charge on any atom is -0.264 e. The second-order valence-electron chi connectivity index (χ2n) is 4.18. The van der Waals surface area contributed by atoms with E-state index in [-0.39, 0.29) is 0 Å². The Kier molecular flexibility index (Phi) is 4.97. The summed E-state index contributed by atoms with van der Waals surface area (Å²) in [5.74, 6) is 0. The van der Waals surface area contributed by atoms with Gasteiger partial charge in [0.25, 0.3) is 0 Å². The van der Waals surface area contributed by atoms with Crippen molar-refractivity contribution >= 4 is 10.8 Å². The van der Waals surface area contributed by atoms with Gasteiger partial charge in [-0.15, -0.1) is 0 Å². The van der Waals surface area contributed by atoms with Crippen molar-refractivity contribution in [1.82, 2.24) is 4.98 Å². The molecule has 1 aromatic carbocycles. The highest BCUT2D eigenvalue weighted by Gasteiger charge is 1.96. The Morgan fingerprint density at radius 3 is 2.38 bits per heavy atom. The Bertz CT molecular complexity index is 444. The van der Waals surface area contributed by atoms with E-state index >= 15 is 0 Å². The first kappa shape index (κ1) is 12.7. The summed E-state index contributed by atoms with van der Waals surface area (Å²) < 4.78 is 0. The summed E-state index contributed by atoms with van der Waals surface area (Å²) in [4.78, 5) is 4.10. The monoisotopic (exact) mass is 215 g/mol. The van der Waals surface area contributed by atoms with Gasteiger partial charge < -0.3 is 0 Å². The summed E-state index contributed by atoms with van der Waals surface area (Å²) in [5, 5.41) is 2.53. The molecule has 0 saturated heterocycles. The fraction of sp³-hybridized carbons (Fsp3) is 0.400. The van der Waals surface area contributed by atoms with E-state index in [1.165, 1.54) is 34.7 Å². The summed E-state index contributed by atoms with van der Waals surface area (Å²) >= 11 is 0. The van der Waals surface area contributed by atoms with Crippen molar-refractivity contribution in [3.05, 3.63) is 41.7 Å². The van der Waals surface area contributed by atoms with Crippen LogP contribution in [0, 0.1) is 13.8 Å². The second kappa shape index (κ2) is 6.26. The number of hydrogen-bond acceptors (Lipinski definition) is 1. The van der Waals surface area contributed by atoms with Crippen LogP contribution in [0.15, 0.2) is 30.6 Å². The number of unbranched alkanes of at least 4 members (excludes halogenated alkanes) is 1. The van der Waals surface area contributed by atoms with Gasteiger partial charge in [-0.3, -0.25) is 4.98 Å². The molecule has 16 heavy (non-hydrogen) atoms. The molecular weight excluding hydrogens is 194 g/mol. The molecule has 0 bridgehead atoms. The molecule has 0 amide bonds. The Morgan fingerprint density at radius 2 is 1.75 bits per heavy atom. The van der Waals surface area contributed by atoms with Crippen LogP contribution < -0.4 is 0 Å². The highest BCUT2D eigenvalue weighted by Crippen LogP contribution is 2.18. The van der Waals surface area contributed by atoms with Crippen LogP contribution in [-0.2, 0) is 0 Å². The van der Waals surface area contributed by atoms with Crippen LogP contribution in [0.25, 0.3) is 10.8 Å². The predicted molar refractivity (Wildman–Crippen MR) is 71.8 cm³/mol. The maximum Gasteiger partial charge on any atom is 0.0349 e. The topological polar surface area (TPSA) is 12.9 Å². The van der Waals surface area contributed by atoms with Crippen LogP contribution >= 0.6 is 0 Å². The van der Waals surface area contributed by atoms with Crippen LogP contribution in [0.1, 0.15) is 37.8 Å². The van der Waals surface area contributed by atoms with Gasteiger partial charge >= 0.3 is 0 Å². The summed E-state index contributed by atoms with van der Waals surface area (Å²) in [6.45, 7) is 8.60. The number of rotatable bonds is 1. The third kappa shape index (κ3) is 3.34. The average molecular weight is 215 g/mol. The van der Waals surface area contributed by atoms with Gasteiger partial charge in [0.05, 0.1) is 0 Å². The van der Waals surface area contributed by atoms with E-state index in [1.807, 2.05) is 12.4 Å².